The molecule has 0 saturated heterocycles. The summed E-state index contributed by atoms with van der Waals surface area (Å²) in [5, 5.41) is 9.28. The van der Waals surface area contributed by atoms with Crippen molar-refractivity contribution < 1.29 is 9.13 Å². The molecule has 0 spiro atoms. The van der Waals surface area contributed by atoms with Crippen molar-refractivity contribution in [3.63, 3.8) is 0 Å². The van der Waals surface area contributed by atoms with E-state index in [-0.39, 0.29) is 17.2 Å². The predicted molar refractivity (Wildman–Crippen MR) is 60.4 cm³/mol. The highest BCUT2D eigenvalue weighted by Gasteiger charge is 2.10. The van der Waals surface area contributed by atoms with E-state index in [0.717, 1.165) is 0 Å². The van der Waals surface area contributed by atoms with Crippen molar-refractivity contribution in [2.24, 2.45) is 0 Å². The Balaban J connectivity index is 2.34. The largest absolute Gasteiger partial charge is 0.438 e. The van der Waals surface area contributed by atoms with Crippen molar-refractivity contribution in [1.29, 1.82) is 5.26 Å². The summed E-state index contributed by atoms with van der Waals surface area (Å²) in [4.78, 5) is 3.89. The Morgan fingerprint density at radius 2 is 2.12 bits per heavy atom. The molecule has 1 heterocycles. The van der Waals surface area contributed by atoms with Gasteiger partial charge in [-0.25, -0.2) is 9.37 Å². The van der Waals surface area contributed by atoms with Gasteiger partial charge in [-0.05, 0) is 18.2 Å². The van der Waals surface area contributed by atoms with Gasteiger partial charge in [-0.15, -0.1) is 0 Å². The first-order valence-electron chi connectivity index (χ1n) is 4.69. The Morgan fingerprint density at radius 3 is 2.76 bits per heavy atom. The zero-order chi connectivity index (χ0) is 12.3. The fourth-order valence-electron chi connectivity index (χ4n) is 1.23. The second-order valence-corrected chi connectivity index (χ2v) is 3.58. The maximum atomic E-state index is 13.3. The molecule has 0 atom stereocenters. The molecule has 0 unspecified atom stereocenters. The Bertz CT molecular complexity index is 578. The van der Waals surface area contributed by atoms with Crippen molar-refractivity contribution >= 4 is 11.6 Å². The average molecular weight is 249 g/mol. The van der Waals surface area contributed by atoms with E-state index in [2.05, 4.69) is 4.98 Å². The molecule has 0 saturated carbocycles. The van der Waals surface area contributed by atoms with Crippen LogP contribution >= 0.6 is 11.6 Å². The van der Waals surface area contributed by atoms with Crippen LogP contribution in [0.25, 0.3) is 0 Å². The lowest BCUT2D eigenvalue weighted by molar-refractivity contribution is 0.456. The molecule has 0 aliphatic rings. The SMILES string of the molecule is N#Cc1c(F)cccc1Oc1ccc(Cl)cn1. The number of pyridine rings is 1. The number of nitrogens with zero attached hydrogens (tertiary/aromatic N) is 2. The highest BCUT2D eigenvalue weighted by atomic mass is 35.5. The van der Waals surface area contributed by atoms with Gasteiger partial charge < -0.3 is 4.74 Å². The molecular formula is C12H6ClFN2O. The third-order valence-electron chi connectivity index (χ3n) is 2.00. The zero-order valence-electron chi connectivity index (χ0n) is 8.52. The Labute approximate surface area is 102 Å². The van der Waals surface area contributed by atoms with Gasteiger partial charge in [0.1, 0.15) is 23.2 Å². The van der Waals surface area contributed by atoms with E-state index >= 15 is 0 Å². The van der Waals surface area contributed by atoms with Crippen LogP contribution in [0.1, 0.15) is 5.56 Å². The van der Waals surface area contributed by atoms with Crippen LogP contribution in [0.15, 0.2) is 36.5 Å². The monoisotopic (exact) mass is 248 g/mol. The molecule has 17 heavy (non-hydrogen) atoms. The quantitative estimate of drug-likeness (QED) is 0.817. The van der Waals surface area contributed by atoms with Crippen LogP contribution in [0.2, 0.25) is 5.02 Å². The van der Waals surface area contributed by atoms with Crippen LogP contribution < -0.4 is 4.74 Å². The molecule has 1 aromatic heterocycles. The summed E-state index contributed by atoms with van der Waals surface area (Å²) in [7, 11) is 0. The lowest BCUT2D eigenvalue weighted by Crippen LogP contribution is -1.92. The lowest BCUT2D eigenvalue weighted by atomic mass is 10.2. The van der Waals surface area contributed by atoms with E-state index in [1.807, 2.05) is 0 Å². The predicted octanol–water partition coefficient (Wildman–Crippen LogP) is 3.54. The van der Waals surface area contributed by atoms with Crippen LogP contribution in [0.4, 0.5) is 4.39 Å². The topological polar surface area (TPSA) is 45.9 Å². The maximum Gasteiger partial charge on any atom is 0.219 e. The number of ether oxygens (including phenoxy) is 1. The molecule has 1 aromatic carbocycles. The summed E-state index contributed by atoms with van der Waals surface area (Å²) >= 11 is 5.67. The van der Waals surface area contributed by atoms with Crippen molar-refractivity contribution in [3.05, 3.63) is 52.9 Å². The summed E-state index contributed by atoms with van der Waals surface area (Å²) in [6.07, 6.45) is 1.40. The van der Waals surface area contributed by atoms with E-state index in [4.69, 9.17) is 21.6 Å². The van der Waals surface area contributed by atoms with Gasteiger partial charge in [0, 0.05) is 12.3 Å². The summed E-state index contributed by atoms with van der Waals surface area (Å²) in [6, 6.07) is 9.02. The molecule has 0 N–H and O–H groups in total. The molecule has 3 nitrogen and oxygen atoms in total. The van der Waals surface area contributed by atoms with Crippen LogP contribution in [0.5, 0.6) is 11.6 Å². The van der Waals surface area contributed by atoms with E-state index in [1.54, 1.807) is 12.1 Å². The maximum absolute atomic E-state index is 13.3. The van der Waals surface area contributed by atoms with Crippen LogP contribution in [0.3, 0.4) is 0 Å². The van der Waals surface area contributed by atoms with Crippen molar-refractivity contribution in [2.45, 2.75) is 0 Å². The molecule has 0 radical (unpaired) electrons. The second-order valence-electron chi connectivity index (χ2n) is 3.14. The fraction of sp³-hybridized carbons (Fsp3) is 0. The third-order valence-corrected chi connectivity index (χ3v) is 2.23. The fourth-order valence-corrected chi connectivity index (χ4v) is 1.34. The van der Waals surface area contributed by atoms with E-state index in [9.17, 15) is 4.39 Å². The van der Waals surface area contributed by atoms with Crippen LogP contribution in [-0.2, 0) is 0 Å². The minimum absolute atomic E-state index is 0.127. The van der Waals surface area contributed by atoms with E-state index < -0.39 is 5.82 Å². The molecule has 84 valence electrons. The molecule has 0 amide bonds. The molecular weight excluding hydrogens is 243 g/mol. The van der Waals surface area contributed by atoms with Gasteiger partial charge in [-0.3, -0.25) is 0 Å². The Kier molecular flexibility index (Phi) is 3.22. The minimum atomic E-state index is -0.626. The van der Waals surface area contributed by atoms with Crippen LogP contribution in [0, 0.1) is 17.1 Å². The summed E-state index contributed by atoms with van der Waals surface area (Å²) < 4.78 is 18.6. The highest BCUT2D eigenvalue weighted by Crippen LogP contribution is 2.25. The first-order valence-corrected chi connectivity index (χ1v) is 5.06. The standard InChI is InChI=1S/C12H6ClFN2O/c13-8-4-5-12(16-7-8)17-11-3-1-2-10(14)9(11)6-15/h1-5,7H. The van der Waals surface area contributed by atoms with Gasteiger partial charge in [-0.1, -0.05) is 17.7 Å². The lowest BCUT2D eigenvalue weighted by Gasteiger charge is -2.06. The first-order chi connectivity index (χ1) is 8.20. The third kappa shape index (κ3) is 2.52. The number of aromatic nitrogens is 1. The Hall–Kier alpha value is -2.12. The summed E-state index contributed by atoms with van der Waals surface area (Å²) in [5.74, 6) is -0.252. The first kappa shape index (κ1) is 11.4. The highest BCUT2D eigenvalue weighted by molar-refractivity contribution is 6.30. The van der Waals surface area contributed by atoms with Gasteiger partial charge in [0.2, 0.25) is 5.88 Å². The normalized spacial score (nSPS) is 9.71. The molecule has 0 aliphatic carbocycles. The van der Waals surface area contributed by atoms with Crippen molar-refractivity contribution in [3.8, 4) is 17.7 Å². The van der Waals surface area contributed by atoms with Crippen LogP contribution in [-0.4, -0.2) is 4.98 Å². The van der Waals surface area contributed by atoms with Crippen molar-refractivity contribution in [2.75, 3.05) is 0 Å². The minimum Gasteiger partial charge on any atom is -0.438 e. The van der Waals surface area contributed by atoms with Gasteiger partial charge in [-0.2, -0.15) is 5.26 Å². The van der Waals surface area contributed by atoms with Gasteiger partial charge in [0.25, 0.3) is 0 Å². The van der Waals surface area contributed by atoms with Gasteiger partial charge in [0.05, 0.1) is 5.02 Å². The number of rotatable bonds is 2. The number of benzene rings is 1. The zero-order valence-corrected chi connectivity index (χ0v) is 9.28. The molecule has 0 fully saturated rings. The molecule has 5 heteroatoms. The molecule has 0 bridgehead atoms. The summed E-state index contributed by atoms with van der Waals surface area (Å²) in [5.41, 5.74) is -0.149. The number of nitriles is 1. The molecule has 0 aliphatic heterocycles. The number of halogens is 2. The molecule has 2 aromatic rings. The van der Waals surface area contributed by atoms with Gasteiger partial charge in [0.15, 0.2) is 0 Å². The number of hydrogen-bond acceptors (Lipinski definition) is 3. The second kappa shape index (κ2) is 4.81. The summed E-state index contributed by atoms with van der Waals surface area (Å²) in [6.45, 7) is 0. The average Bonchev–Trinajstić information content (AvgIpc) is 2.32. The number of hydrogen-bond donors (Lipinski definition) is 0. The smallest absolute Gasteiger partial charge is 0.219 e. The van der Waals surface area contributed by atoms with E-state index in [0.29, 0.717) is 5.02 Å². The molecule has 2 rings (SSSR count). The Morgan fingerprint density at radius 1 is 1.29 bits per heavy atom. The van der Waals surface area contributed by atoms with E-state index in [1.165, 1.54) is 30.5 Å². The van der Waals surface area contributed by atoms with Crippen molar-refractivity contribution in [1.82, 2.24) is 4.98 Å². The van der Waals surface area contributed by atoms with Gasteiger partial charge >= 0.3 is 0 Å².